The quantitative estimate of drug-likeness (QED) is 0.826. The lowest BCUT2D eigenvalue weighted by Crippen LogP contribution is -2.49. The first-order valence-electron chi connectivity index (χ1n) is 9.10. The Labute approximate surface area is 154 Å². The molecule has 7 heteroatoms. The molecule has 4 heterocycles. The van der Waals surface area contributed by atoms with Crippen LogP contribution < -0.4 is 14.4 Å². The molecule has 1 fully saturated rings. The molecule has 7 nitrogen and oxygen atoms in total. The van der Waals surface area contributed by atoms with Crippen LogP contribution in [0.2, 0.25) is 0 Å². The van der Waals surface area contributed by atoms with Gasteiger partial charge in [-0.3, -0.25) is 4.90 Å². The normalized spacial score (nSPS) is 20.0. The maximum Gasteiger partial charge on any atom is 0.220 e. The number of methoxy groups -OCH3 is 1. The van der Waals surface area contributed by atoms with Crippen molar-refractivity contribution in [3.63, 3.8) is 0 Å². The van der Waals surface area contributed by atoms with Crippen LogP contribution in [0.5, 0.6) is 11.8 Å². The van der Waals surface area contributed by atoms with Crippen molar-refractivity contribution >= 4 is 5.69 Å². The fourth-order valence-electron chi connectivity index (χ4n) is 3.72. The Kier molecular flexibility index (Phi) is 4.63. The lowest BCUT2D eigenvalue weighted by molar-refractivity contribution is 0.142. The number of pyridine rings is 1. The molecule has 0 bridgehead atoms. The van der Waals surface area contributed by atoms with Gasteiger partial charge in [-0.05, 0) is 19.9 Å². The molecule has 2 aliphatic rings. The van der Waals surface area contributed by atoms with Crippen LogP contribution in [0.3, 0.4) is 0 Å². The highest BCUT2D eigenvalue weighted by molar-refractivity contribution is 5.46. The van der Waals surface area contributed by atoms with Crippen molar-refractivity contribution in [3.8, 4) is 11.8 Å². The van der Waals surface area contributed by atoms with Gasteiger partial charge >= 0.3 is 0 Å². The number of fused-ring (bicyclic) bond motifs is 1. The van der Waals surface area contributed by atoms with Crippen molar-refractivity contribution in [2.75, 3.05) is 44.7 Å². The number of rotatable bonds is 4. The van der Waals surface area contributed by atoms with Gasteiger partial charge in [-0.15, -0.1) is 0 Å². The third-order valence-corrected chi connectivity index (χ3v) is 5.13. The first-order chi connectivity index (χ1) is 12.6. The van der Waals surface area contributed by atoms with Gasteiger partial charge in [0.1, 0.15) is 11.9 Å². The second-order valence-electron chi connectivity index (χ2n) is 6.93. The molecule has 0 aromatic carbocycles. The van der Waals surface area contributed by atoms with Gasteiger partial charge < -0.3 is 14.4 Å². The smallest absolute Gasteiger partial charge is 0.220 e. The van der Waals surface area contributed by atoms with E-state index in [4.69, 9.17) is 9.47 Å². The Morgan fingerprint density at radius 3 is 2.65 bits per heavy atom. The van der Waals surface area contributed by atoms with Gasteiger partial charge in [-0.1, -0.05) is 0 Å². The molecule has 4 rings (SSSR count). The lowest BCUT2D eigenvalue weighted by Gasteiger charge is -2.36. The Hall–Kier alpha value is -2.41. The second-order valence-corrected chi connectivity index (χ2v) is 6.93. The molecule has 138 valence electrons. The third-order valence-electron chi connectivity index (χ3n) is 5.13. The highest BCUT2D eigenvalue weighted by atomic mass is 16.5. The zero-order valence-electron chi connectivity index (χ0n) is 15.6. The summed E-state index contributed by atoms with van der Waals surface area (Å²) < 4.78 is 11.2. The van der Waals surface area contributed by atoms with Gasteiger partial charge in [0.05, 0.1) is 19.0 Å². The average Bonchev–Trinajstić information content (AvgIpc) is 3.05. The van der Waals surface area contributed by atoms with E-state index in [1.165, 1.54) is 5.56 Å². The van der Waals surface area contributed by atoms with E-state index < -0.39 is 0 Å². The van der Waals surface area contributed by atoms with E-state index in [-0.39, 0.29) is 6.10 Å². The summed E-state index contributed by atoms with van der Waals surface area (Å²) >= 11 is 0. The molecule has 0 aliphatic carbocycles. The molecule has 1 saturated heterocycles. The Bertz CT molecular complexity index is 772. The minimum absolute atomic E-state index is 0.175. The van der Waals surface area contributed by atoms with Crippen molar-refractivity contribution in [1.29, 1.82) is 0 Å². The van der Waals surface area contributed by atoms with Gasteiger partial charge in [0.25, 0.3) is 0 Å². The molecular weight excluding hydrogens is 330 g/mol. The number of hydrogen-bond acceptors (Lipinski definition) is 7. The number of aryl methyl sites for hydroxylation is 2. The van der Waals surface area contributed by atoms with E-state index in [0.29, 0.717) is 5.88 Å². The predicted molar refractivity (Wildman–Crippen MR) is 99.1 cm³/mol. The first kappa shape index (κ1) is 17.0. The minimum Gasteiger partial charge on any atom is -0.481 e. The van der Waals surface area contributed by atoms with Gasteiger partial charge in [-0.2, -0.15) is 4.98 Å². The largest absolute Gasteiger partial charge is 0.481 e. The average molecular weight is 355 g/mol. The Morgan fingerprint density at radius 2 is 1.96 bits per heavy atom. The van der Waals surface area contributed by atoms with Crippen LogP contribution in [-0.2, 0) is 6.42 Å². The van der Waals surface area contributed by atoms with Gasteiger partial charge in [0.2, 0.25) is 11.8 Å². The van der Waals surface area contributed by atoms with Crippen molar-refractivity contribution in [2.24, 2.45) is 0 Å². The zero-order valence-corrected chi connectivity index (χ0v) is 15.6. The SMILES string of the molecule is COc1ccc(N2CCN(CC3Cc4c(C)nc(C)nc4O3)CC2)cn1. The number of anilines is 1. The van der Waals surface area contributed by atoms with Gasteiger partial charge in [0.15, 0.2) is 0 Å². The van der Waals surface area contributed by atoms with Crippen LogP contribution in [0, 0.1) is 13.8 Å². The van der Waals surface area contributed by atoms with Crippen LogP contribution in [0.4, 0.5) is 5.69 Å². The number of piperazine rings is 1. The van der Waals surface area contributed by atoms with E-state index in [1.807, 2.05) is 26.1 Å². The maximum absolute atomic E-state index is 6.08. The molecule has 0 radical (unpaired) electrons. The van der Waals surface area contributed by atoms with Gasteiger partial charge in [-0.25, -0.2) is 9.97 Å². The molecule has 2 aromatic rings. The number of nitrogens with zero attached hydrogens (tertiary/aromatic N) is 5. The van der Waals surface area contributed by atoms with E-state index in [1.54, 1.807) is 7.11 Å². The van der Waals surface area contributed by atoms with E-state index in [9.17, 15) is 0 Å². The van der Waals surface area contributed by atoms with Crippen LogP contribution in [0.1, 0.15) is 17.1 Å². The maximum atomic E-state index is 6.08. The van der Waals surface area contributed by atoms with Crippen molar-refractivity contribution in [2.45, 2.75) is 26.4 Å². The monoisotopic (exact) mass is 355 g/mol. The second kappa shape index (κ2) is 7.07. The topological polar surface area (TPSA) is 63.6 Å². The molecule has 1 unspecified atom stereocenters. The Morgan fingerprint density at radius 1 is 1.15 bits per heavy atom. The van der Waals surface area contributed by atoms with Crippen LogP contribution in [-0.4, -0.2) is 65.8 Å². The highest BCUT2D eigenvalue weighted by Gasteiger charge is 2.29. The predicted octanol–water partition coefficient (Wildman–Crippen LogP) is 1.62. The summed E-state index contributed by atoms with van der Waals surface area (Å²) in [4.78, 5) is 18.0. The summed E-state index contributed by atoms with van der Waals surface area (Å²) in [5.74, 6) is 2.21. The van der Waals surface area contributed by atoms with E-state index in [2.05, 4.69) is 30.8 Å². The van der Waals surface area contributed by atoms with Crippen molar-refractivity contribution < 1.29 is 9.47 Å². The van der Waals surface area contributed by atoms with Crippen molar-refractivity contribution in [3.05, 3.63) is 35.4 Å². The molecule has 0 amide bonds. The van der Waals surface area contributed by atoms with Crippen molar-refractivity contribution in [1.82, 2.24) is 19.9 Å². The zero-order chi connectivity index (χ0) is 18.1. The number of aromatic nitrogens is 3. The Balaban J connectivity index is 1.31. The van der Waals surface area contributed by atoms with E-state index in [0.717, 1.165) is 62.2 Å². The third kappa shape index (κ3) is 3.44. The summed E-state index contributed by atoms with van der Waals surface area (Å²) in [5.41, 5.74) is 3.37. The number of hydrogen-bond donors (Lipinski definition) is 0. The standard InChI is InChI=1S/C19H25N5O2/c1-13-17-10-16(26-19(17)22-14(2)21-13)12-23-6-8-24(9-7-23)15-4-5-18(25-3)20-11-15/h4-5,11,16H,6-10,12H2,1-3H3. The minimum atomic E-state index is 0.175. The molecule has 2 aliphatic heterocycles. The fourth-order valence-corrected chi connectivity index (χ4v) is 3.72. The summed E-state index contributed by atoms with van der Waals surface area (Å²) in [5, 5.41) is 0. The number of ether oxygens (including phenoxy) is 2. The molecule has 0 N–H and O–H groups in total. The van der Waals surface area contributed by atoms with Gasteiger partial charge in [0, 0.05) is 56.5 Å². The lowest BCUT2D eigenvalue weighted by atomic mass is 10.1. The fraction of sp³-hybridized carbons (Fsp3) is 0.526. The summed E-state index contributed by atoms with van der Waals surface area (Å²) in [6.07, 6.45) is 2.97. The van der Waals surface area contributed by atoms with Crippen LogP contribution in [0.25, 0.3) is 0 Å². The molecule has 1 atom stereocenters. The van der Waals surface area contributed by atoms with Crippen LogP contribution >= 0.6 is 0 Å². The van der Waals surface area contributed by atoms with Crippen LogP contribution in [0.15, 0.2) is 18.3 Å². The first-order valence-corrected chi connectivity index (χ1v) is 9.10. The molecule has 0 saturated carbocycles. The van der Waals surface area contributed by atoms with E-state index >= 15 is 0 Å². The highest BCUT2D eigenvalue weighted by Crippen LogP contribution is 2.29. The summed E-state index contributed by atoms with van der Waals surface area (Å²) in [6, 6.07) is 3.98. The molecule has 26 heavy (non-hydrogen) atoms. The summed E-state index contributed by atoms with van der Waals surface area (Å²) in [6.45, 7) is 8.91. The molecular formula is C19H25N5O2. The molecule has 2 aromatic heterocycles. The summed E-state index contributed by atoms with van der Waals surface area (Å²) in [7, 11) is 1.64. The molecule has 0 spiro atoms.